The summed E-state index contributed by atoms with van der Waals surface area (Å²) in [5.74, 6) is 0. The van der Waals surface area contributed by atoms with Gasteiger partial charge in [-0.3, -0.25) is 0 Å². The molecule has 0 N–H and O–H groups in total. The van der Waals surface area contributed by atoms with Crippen molar-refractivity contribution in [3.63, 3.8) is 0 Å². The molecule has 0 radical (unpaired) electrons. The third-order valence-electron chi connectivity index (χ3n) is 2.41. The van der Waals surface area contributed by atoms with Crippen LogP contribution < -0.4 is 0 Å². The highest BCUT2D eigenvalue weighted by molar-refractivity contribution is 6.31. The number of hydrogen-bond acceptors (Lipinski definition) is 0. The highest BCUT2D eigenvalue weighted by atomic mass is 35.5. The van der Waals surface area contributed by atoms with E-state index >= 15 is 0 Å². The van der Waals surface area contributed by atoms with Crippen LogP contribution in [0, 0.1) is 5.41 Å². The van der Waals surface area contributed by atoms with Crippen LogP contribution in [-0.4, -0.2) is 0 Å². The minimum atomic E-state index is 0.349. The first-order chi connectivity index (χ1) is 5.58. The molecule has 1 fully saturated rings. The van der Waals surface area contributed by atoms with E-state index in [0.717, 1.165) is 10.6 Å². The topological polar surface area (TPSA) is 0 Å². The van der Waals surface area contributed by atoms with Gasteiger partial charge in [0.05, 0.1) is 0 Å². The van der Waals surface area contributed by atoms with Crippen molar-refractivity contribution >= 4 is 11.6 Å². The SMILES string of the molecule is C=C(/C=C(Cl)\C=C/C)C1(C)CC1. The van der Waals surface area contributed by atoms with Crippen molar-refractivity contribution in [3.8, 4) is 0 Å². The maximum Gasteiger partial charge on any atom is 0.0405 e. The Bertz CT molecular complexity index is 242. The van der Waals surface area contributed by atoms with Crippen molar-refractivity contribution in [3.05, 3.63) is 35.4 Å². The van der Waals surface area contributed by atoms with Crippen LogP contribution in [0.5, 0.6) is 0 Å². The lowest BCUT2D eigenvalue weighted by molar-refractivity contribution is 0.712. The van der Waals surface area contributed by atoms with Gasteiger partial charge in [0, 0.05) is 5.03 Å². The lowest BCUT2D eigenvalue weighted by Crippen LogP contribution is -1.93. The molecule has 0 aromatic rings. The van der Waals surface area contributed by atoms with E-state index in [0.29, 0.717) is 5.41 Å². The molecule has 0 aromatic heterocycles. The normalized spacial score (nSPS) is 21.4. The number of hydrogen-bond donors (Lipinski definition) is 0. The number of rotatable bonds is 3. The Balaban J connectivity index is 2.61. The molecule has 1 saturated carbocycles. The molecule has 66 valence electrons. The van der Waals surface area contributed by atoms with Gasteiger partial charge in [-0.15, -0.1) is 0 Å². The van der Waals surface area contributed by atoms with Crippen LogP contribution in [0.3, 0.4) is 0 Å². The molecule has 1 aliphatic rings. The number of allylic oxidation sites excluding steroid dienone is 5. The second kappa shape index (κ2) is 3.49. The molecule has 1 heteroatoms. The molecule has 1 aliphatic carbocycles. The molecule has 0 spiro atoms. The molecule has 0 nitrogen and oxygen atoms in total. The van der Waals surface area contributed by atoms with Crippen LogP contribution >= 0.6 is 11.6 Å². The Hall–Kier alpha value is -0.490. The fourth-order valence-corrected chi connectivity index (χ4v) is 1.31. The second-order valence-corrected chi connectivity index (χ2v) is 4.05. The summed E-state index contributed by atoms with van der Waals surface area (Å²) in [6.07, 6.45) is 8.29. The van der Waals surface area contributed by atoms with E-state index < -0.39 is 0 Å². The summed E-state index contributed by atoms with van der Waals surface area (Å²) in [6.45, 7) is 8.20. The van der Waals surface area contributed by atoms with E-state index in [1.165, 1.54) is 12.8 Å². The van der Waals surface area contributed by atoms with Gasteiger partial charge in [-0.25, -0.2) is 0 Å². The van der Waals surface area contributed by atoms with Crippen molar-refractivity contribution in [2.24, 2.45) is 5.41 Å². The maximum atomic E-state index is 5.92. The van der Waals surface area contributed by atoms with E-state index in [-0.39, 0.29) is 0 Å². The smallest absolute Gasteiger partial charge is 0.0405 e. The highest BCUT2D eigenvalue weighted by Gasteiger charge is 2.38. The van der Waals surface area contributed by atoms with Gasteiger partial charge in [0.15, 0.2) is 0 Å². The molecule has 12 heavy (non-hydrogen) atoms. The Morgan fingerprint density at radius 1 is 1.50 bits per heavy atom. The van der Waals surface area contributed by atoms with Crippen molar-refractivity contribution in [1.82, 2.24) is 0 Å². The van der Waals surface area contributed by atoms with Gasteiger partial charge >= 0.3 is 0 Å². The third kappa shape index (κ3) is 2.25. The van der Waals surface area contributed by atoms with E-state index in [1.54, 1.807) is 0 Å². The quantitative estimate of drug-likeness (QED) is 0.578. The molecule has 0 aliphatic heterocycles. The van der Waals surface area contributed by atoms with Crippen LogP contribution in [-0.2, 0) is 0 Å². The second-order valence-electron chi connectivity index (χ2n) is 3.62. The summed E-state index contributed by atoms with van der Waals surface area (Å²) >= 11 is 5.92. The van der Waals surface area contributed by atoms with Crippen molar-refractivity contribution in [2.75, 3.05) is 0 Å². The Morgan fingerprint density at radius 3 is 2.50 bits per heavy atom. The lowest BCUT2D eigenvalue weighted by atomic mass is 10.00. The first-order valence-electron chi connectivity index (χ1n) is 4.28. The Morgan fingerprint density at radius 2 is 2.08 bits per heavy atom. The standard InChI is InChI=1S/C11H15Cl/c1-4-5-10(12)8-9(2)11(3)6-7-11/h4-5,8H,2,6-7H2,1,3H3/b5-4-,10-8+. The Labute approximate surface area is 79.6 Å². The largest absolute Gasteiger partial charge is 0.0952 e. The average molecular weight is 183 g/mol. The van der Waals surface area contributed by atoms with E-state index in [4.69, 9.17) is 11.6 Å². The zero-order valence-corrected chi connectivity index (χ0v) is 8.49. The highest BCUT2D eigenvalue weighted by Crippen LogP contribution is 2.51. The summed E-state index contributed by atoms with van der Waals surface area (Å²) in [5.41, 5.74) is 1.51. The lowest BCUT2D eigenvalue weighted by Gasteiger charge is -2.07. The molecule has 0 heterocycles. The van der Waals surface area contributed by atoms with Gasteiger partial charge in [-0.2, -0.15) is 0 Å². The zero-order valence-electron chi connectivity index (χ0n) is 7.73. The maximum absolute atomic E-state index is 5.92. The van der Waals surface area contributed by atoms with Gasteiger partial charge < -0.3 is 0 Å². The monoisotopic (exact) mass is 182 g/mol. The zero-order chi connectivity index (χ0) is 9.19. The van der Waals surface area contributed by atoms with Crippen LogP contribution in [0.2, 0.25) is 0 Å². The first kappa shape index (κ1) is 9.60. The molecule has 0 saturated heterocycles. The third-order valence-corrected chi connectivity index (χ3v) is 2.65. The van der Waals surface area contributed by atoms with Crippen LogP contribution in [0.25, 0.3) is 0 Å². The summed E-state index contributed by atoms with van der Waals surface area (Å²) in [5, 5.41) is 0.774. The fraction of sp³-hybridized carbons (Fsp3) is 0.455. The van der Waals surface area contributed by atoms with E-state index in [9.17, 15) is 0 Å². The van der Waals surface area contributed by atoms with E-state index in [2.05, 4.69) is 13.5 Å². The summed E-state index contributed by atoms with van der Waals surface area (Å²) in [6, 6.07) is 0. The minimum absolute atomic E-state index is 0.349. The van der Waals surface area contributed by atoms with Gasteiger partial charge in [0.2, 0.25) is 0 Å². The van der Waals surface area contributed by atoms with Crippen LogP contribution in [0.15, 0.2) is 35.4 Å². The van der Waals surface area contributed by atoms with Gasteiger partial charge in [0.25, 0.3) is 0 Å². The molecule has 0 bridgehead atoms. The predicted octanol–water partition coefficient (Wildman–Crippen LogP) is 4.04. The Kier molecular flexibility index (Phi) is 2.79. The summed E-state index contributed by atoms with van der Waals surface area (Å²) < 4.78 is 0. The average Bonchev–Trinajstić information content (AvgIpc) is 2.69. The van der Waals surface area contributed by atoms with Gasteiger partial charge in [-0.05, 0) is 42.9 Å². The molecule has 0 amide bonds. The molecular weight excluding hydrogens is 168 g/mol. The van der Waals surface area contributed by atoms with Gasteiger partial charge in [0.1, 0.15) is 0 Å². The summed E-state index contributed by atoms with van der Waals surface area (Å²) in [7, 11) is 0. The van der Waals surface area contributed by atoms with Crippen molar-refractivity contribution < 1.29 is 0 Å². The van der Waals surface area contributed by atoms with Crippen molar-refractivity contribution in [2.45, 2.75) is 26.7 Å². The summed E-state index contributed by atoms with van der Waals surface area (Å²) in [4.78, 5) is 0. The predicted molar refractivity (Wildman–Crippen MR) is 55.2 cm³/mol. The minimum Gasteiger partial charge on any atom is -0.0952 e. The fourth-order valence-electron chi connectivity index (χ4n) is 1.06. The number of halogens is 1. The van der Waals surface area contributed by atoms with Gasteiger partial charge in [-0.1, -0.05) is 31.2 Å². The van der Waals surface area contributed by atoms with Crippen LogP contribution in [0.4, 0.5) is 0 Å². The molecule has 1 rings (SSSR count). The molecular formula is C11H15Cl. The first-order valence-corrected chi connectivity index (χ1v) is 4.65. The van der Waals surface area contributed by atoms with Crippen molar-refractivity contribution in [1.29, 1.82) is 0 Å². The molecule has 0 atom stereocenters. The molecule has 0 aromatic carbocycles. The van der Waals surface area contributed by atoms with E-state index in [1.807, 2.05) is 25.2 Å². The molecule has 0 unspecified atom stereocenters. The van der Waals surface area contributed by atoms with Crippen LogP contribution in [0.1, 0.15) is 26.7 Å².